The average Bonchev–Trinajstić information content (AvgIpc) is 2.97. The zero-order valence-electron chi connectivity index (χ0n) is 13.6. The molecule has 0 radical (unpaired) electrons. The van der Waals surface area contributed by atoms with Crippen LogP contribution >= 0.6 is 39.2 Å². The van der Waals surface area contributed by atoms with Crippen LogP contribution in [-0.4, -0.2) is 0 Å². The van der Waals surface area contributed by atoms with E-state index >= 15 is 0 Å². The molecule has 0 saturated heterocycles. The van der Waals surface area contributed by atoms with Crippen molar-refractivity contribution < 1.29 is 0 Å². The minimum atomic E-state index is -0.251. The Morgan fingerprint density at radius 1 is 0.773 bits per heavy atom. The molecule has 4 heteroatoms. The molecule has 0 fully saturated rings. The van der Waals surface area contributed by atoms with Crippen LogP contribution in [0, 0.1) is 34.6 Å². The molecule has 3 aromatic heterocycles. The van der Waals surface area contributed by atoms with Gasteiger partial charge in [0.25, 0.3) is 0 Å². The van der Waals surface area contributed by atoms with Crippen molar-refractivity contribution in [2.75, 3.05) is 0 Å². The van der Waals surface area contributed by atoms with E-state index in [0.717, 1.165) is 0 Å². The quantitative estimate of drug-likeness (QED) is 0.398. The molecule has 0 N–H and O–H groups in total. The lowest BCUT2D eigenvalue weighted by Gasteiger charge is -2.10. The van der Waals surface area contributed by atoms with Crippen LogP contribution in [0.2, 0.25) is 0 Å². The SMILES string of the molecule is Cc1cp(-c2cc(Br)c(C)c(-p3cc(C)c(C)c3)p2)cc1C. The van der Waals surface area contributed by atoms with Gasteiger partial charge in [-0.1, -0.05) is 39.2 Å². The van der Waals surface area contributed by atoms with Crippen molar-refractivity contribution in [2.24, 2.45) is 0 Å². The zero-order chi connectivity index (χ0) is 16.0. The highest BCUT2D eigenvalue weighted by Crippen LogP contribution is 2.57. The second-order valence-corrected chi connectivity index (χ2v) is 12.3. The van der Waals surface area contributed by atoms with Gasteiger partial charge in [-0.2, -0.15) is 0 Å². The van der Waals surface area contributed by atoms with E-state index in [1.54, 1.807) is 10.1 Å². The van der Waals surface area contributed by atoms with E-state index in [4.69, 9.17) is 0 Å². The first-order valence-corrected chi connectivity index (χ1v) is 12.0. The fourth-order valence-corrected chi connectivity index (χ4v) is 10.7. The van der Waals surface area contributed by atoms with Crippen molar-refractivity contribution >= 4 is 39.2 Å². The van der Waals surface area contributed by atoms with Gasteiger partial charge in [-0.25, -0.2) is 0 Å². The molecule has 114 valence electrons. The lowest BCUT2D eigenvalue weighted by molar-refractivity contribution is 1.41. The van der Waals surface area contributed by atoms with Crippen LogP contribution in [0.1, 0.15) is 27.8 Å². The average molecular weight is 409 g/mol. The van der Waals surface area contributed by atoms with Crippen LogP contribution < -0.4 is 0 Å². The van der Waals surface area contributed by atoms with E-state index < -0.39 is 0 Å². The van der Waals surface area contributed by atoms with Gasteiger partial charge in [-0.15, -0.1) is 0 Å². The molecule has 0 aromatic carbocycles. The molecule has 0 bridgehead atoms. The molecule has 0 amide bonds. The summed E-state index contributed by atoms with van der Waals surface area (Å²) < 4.78 is 1.27. The van der Waals surface area contributed by atoms with Crippen molar-refractivity contribution in [1.29, 1.82) is 0 Å². The Hall–Kier alpha value is -0.310. The molecule has 0 spiro atoms. The van der Waals surface area contributed by atoms with Crippen molar-refractivity contribution in [3.05, 3.63) is 61.5 Å². The number of aryl methyl sites for hydroxylation is 4. The molecular weight excluding hydrogens is 389 g/mol. The minimum Gasteiger partial charge on any atom is -0.0880 e. The summed E-state index contributed by atoms with van der Waals surface area (Å²) in [5.74, 6) is 9.88. The highest BCUT2D eigenvalue weighted by molar-refractivity contribution is 9.10. The van der Waals surface area contributed by atoms with Crippen LogP contribution in [0.15, 0.2) is 33.7 Å². The largest absolute Gasteiger partial charge is 0.0880 e. The predicted molar refractivity (Wildman–Crippen MR) is 108 cm³/mol. The second kappa shape index (κ2) is 6.30. The molecule has 0 aliphatic heterocycles. The predicted octanol–water partition coefficient (Wildman–Crippen LogP) is 8.52. The van der Waals surface area contributed by atoms with Crippen LogP contribution in [0.4, 0.5) is 0 Å². The van der Waals surface area contributed by atoms with Gasteiger partial charge in [0.1, 0.15) is 0 Å². The summed E-state index contributed by atoms with van der Waals surface area (Å²) in [6, 6.07) is 2.36. The highest BCUT2D eigenvalue weighted by atomic mass is 79.9. The fraction of sp³-hybridized carbons (Fsp3) is 0.278. The summed E-state index contributed by atoms with van der Waals surface area (Å²) in [6.07, 6.45) is 0. The fourth-order valence-electron chi connectivity index (χ4n) is 2.51. The third-order valence-corrected chi connectivity index (χ3v) is 12.1. The maximum atomic E-state index is 3.81. The topological polar surface area (TPSA) is 0 Å². The van der Waals surface area contributed by atoms with E-state index in [1.807, 2.05) is 0 Å². The molecular formula is C18H20BrP3. The molecule has 0 atom stereocenters. The molecule has 3 aromatic rings. The van der Waals surface area contributed by atoms with Gasteiger partial charge in [0.05, 0.1) is 0 Å². The lowest BCUT2D eigenvalue weighted by atomic mass is 10.2. The monoisotopic (exact) mass is 408 g/mol. The molecule has 0 unspecified atom stereocenters. The smallest absolute Gasteiger partial charge is 0.0300 e. The molecule has 0 nitrogen and oxygen atoms in total. The third-order valence-electron chi connectivity index (χ3n) is 4.25. The summed E-state index contributed by atoms with van der Waals surface area (Å²) in [7, 11) is 0.938. The summed E-state index contributed by atoms with van der Waals surface area (Å²) in [5.41, 5.74) is 7.23. The normalized spacial score (nSPS) is 11.5. The Labute approximate surface area is 145 Å². The Balaban J connectivity index is 2.18. The minimum absolute atomic E-state index is 0.242. The van der Waals surface area contributed by atoms with Crippen LogP contribution in [0.25, 0.3) is 10.1 Å². The third kappa shape index (κ3) is 3.02. The van der Waals surface area contributed by atoms with Gasteiger partial charge in [-0.3, -0.25) is 0 Å². The van der Waals surface area contributed by atoms with Gasteiger partial charge >= 0.3 is 0 Å². The maximum Gasteiger partial charge on any atom is 0.0300 e. The first-order chi connectivity index (χ1) is 10.4. The summed E-state index contributed by atoms with van der Waals surface area (Å²) in [4.78, 5) is 0. The van der Waals surface area contributed by atoms with Crippen molar-refractivity contribution in [2.45, 2.75) is 34.6 Å². The van der Waals surface area contributed by atoms with E-state index in [0.29, 0.717) is 0 Å². The summed E-state index contributed by atoms with van der Waals surface area (Å²) in [5, 5.41) is 3.16. The van der Waals surface area contributed by atoms with Crippen molar-refractivity contribution in [1.82, 2.24) is 0 Å². The standard InChI is InChI=1S/C18H20BrP3/c1-11-7-21(8-12(11)2)17-6-16(19)15(5)18(20-17)22-9-13(3)14(4)10-22/h6-10H,1-5H3. The maximum absolute atomic E-state index is 3.81. The lowest BCUT2D eigenvalue weighted by Crippen LogP contribution is -1.75. The number of hydrogen-bond donors (Lipinski definition) is 0. The van der Waals surface area contributed by atoms with Crippen molar-refractivity contribution in [3.63, 3.8) is 0 Å². The summed E-state index contributed by atoms with van der Waals surface area (Å²) >= 11 is 3.81. The van der Waals surface area contributed by atoms with Crippen LogP contribution in [0.3, 0.4) is 0 Å². The molecule has 3 heterocycles. The summed E-state index contributed by atoms with van der Waals surface area (Å²) in [6.45, 7) is 11.2. The van der Waals surface area contributed by atoms with Crippen molar-refractivity contribution in [3.8, 4) is 10.1 Å². The first kappa shape index (κ1) is 16.5. The molecule has 0 saturated carbocycles. The number of halogens is 1. The number of hydrogen-bond acceptors (Lipinski definition) is 0. The molecule has 0 aliphatic rings. The second-order valence-electron chi connectivity index (χ2n) is 5.97. The van der Waals surface area contributed by atoms with Gasteiger partial charge in [-0.05, 0) is 91.7 Å². The van der Waals surface area contributed by atoms with Crippen LogP contribution in [0.5, 0.6) is 0 Å². The Morgan fingerprint density at radius 2 is 1.23 bits per heavy atom. The van der Waals surface area contributed by atoms with E-state index in [-0.39, 0.29) is 15.1 Å². The van der Waals surface area contributed by atoms with Gasteiger partial charge in [0, 0.05) is 14.5 Å². The van der Waals surface area contributed by atoms with E-state index in [2.05, 4.69) is 79.8 Å². The molecule has 3 rings (SSSR count). The highest BCUT2D eigenvalue weighted by Gasteiger charge is 2.12. The van der Waals surface area contributed by atoms with Gasteiger partial charge in [0.2, 0.25) is 0 Å². The zero-order valence-corrected chi connectivity index (χ0v) is 17.9. The van der Waals surface area contributed by atoms with Gasteiger partial charge in [0.15, 0.2) is 0 Å². The Bertz CT molecular complexity index is 817. The van der Waals surface area contributed by atoms with Crippen LogP contribution in [-0.2, 0) is 0 Å². The van der Waals surface area contributed by atoms with E-state index in [9.17, 15) is 0 Å². The molecule has 22 heavy (non-hydrogen) atoms. The molecule has 0 aliphatic carbocycles. The Morgan fingerprint density at radius 3 is 1.73 bits per heavy atom. The van der Waals surface area contributed by atoms with E-state index in [1.165, 1.54) is 40.5 Å². The van der Waals surface area contributed by atoms with Gasteiger partial charge < -0.3 is 0 Å². The Kier molecular flexibility index (Phi) is 4.74. The first-order valence-electron chi connectivity index (χ1n) is 7.35. The number of rotatable bonds is 2.